The minimum atomic E-state index is 0.106. The number of hydrogen-bond acceptors (Lipinski definition) is 4. The Labute approximate surface area is 110 Å². The van der Waals surface area contributed by atoms with Crippen LogP contribution in [0.1, 0.15) is 65.6 Å². The summed E-state index contributed by atoms with van der Waals surface area (Å²) in [7, 11) is 0. The molecule has 0 radical (unpaired) electrons. The summed E-state index contributed by atoms with van der Waals surface area (Å²) in [5.41, 5.74) is 5.96. The molecular formula is C14H26N4. The lowest BCUT2D eigenvalue weighted by Crippen LogP contribution is -2.36. The molecule has 18 heavy (non-hydrogen) atoms. The molecule has 0 fully saturated rings. The first kappa shape index (κ1) is 14.7. The predicted molar refractivity (Wildman–Crippen MR) is 77.8 cm³/mol. The lowest BCUT2D eigenvalue weighted by molar-refractivity contribution is 0.418. The van der Waals surface area contributed by atoms with Crippen molar-refractivity contribution >= 4 is 11.6 Å². The topological polar surface area (TPSA) is 63.8 Å². The van der Waals surface area contributed by atoms with Gasteiger partial charge >= 0.3 is 0 Å². The molecule has 0 atom stereocenters. The van der Waals surface area contributed by atoms with E-state index in [0.717, 1.165) is 30.9 Å². The number of anilines is 2. The highest BCUT2D eigenvalue weighted by molar-refractivity contribution is 5.46. The molecule has 1 rings (SSSR count). The van der Waals surface area contributed by atoms with E-state index in [4.69, 9.17) is 5.73 Å². The number of nitrogens with two attached hydrogens (primary N) is 1. The van der Waals surface area contributed by atoms with E-state index in [1.165, 1.54) is 0 Å². The lowest BCUT2D eigenvalue weighted by atomic mass is 9.90. The summed E-state index contributed by atoms with van der Waals surface area (Å²) < 4.78 is 0. The number of hydrogen-bond donors (Lipinski definition) is 2. The second-order valence-corrected chi connectivity index (χ2v) is 5.16. The van der Waals surface area contributed by atoms with Gasteiger partial charge in [0.1, 0.15) is 17.5 Å². The molecule has 0 aromatic carbocycles. The minimum Gasteiger partial charge on any atom is -0.384 e. The summed E-state index contributed by atoms with van der Waals surface area (Å²) in [5, 5.41) is 3.55. The van der Waals surface area contributed by atoms with Crippen LogP contribution in [-0.4, -0.2) is 15.5 Å². The number of nitrogens with zero attached hydrogens (tertiary/aromatic N) is 2. The molecule has 4 heteroatoms. The molecular weight excluding hydrogens is 224 g/mol. The maximum atomic E-state index is 5.85. The third-order valence-electron chi connectivity index (χ3n) is 3.70. The Hall–Kier alpha value is -1.32. The van der Waals surface area contributed by atoms with Crippen LogP contribution in [-0.2, 0) is 0 Å². The average molecular weight is 250 g/mol. The van der Waals surface area contributed by atoms with E-state index in [9.17, 15) is 0 Å². The van der Waals surface area contributed by atoms with Gasteiger partial charge in [-0.1, -0.05) is 34.6 Å². The molecule has 0 spiro atoms. The van der Waals surface area contributed by atoms with Crippen molar-refractivity contribution in [2.75, 3.05) is 11.1 Å². The summed E-state index contributed by atoms with van der Waals surface area (Å²) in [5.74, 6) is 2.47. The SMILES string of the molecule is CCC(CC)(CC)Nc1cc(N)nc(C(C)C)n1. The number of nitrogen functional groups attached to an aromatic ring is 1. The minimum absolute atomic E-state index is 0.106. The van der Waals surface area contributed by atoms with E-state index < -0.39 is 0 Å². The Balaban J connectivity index is 3.03. The predicted octanol–water partition coefficient (Wildman–Crippen LogP) is 3.56. The Morgan fingerprint density at radius 2 is 1.72 bits per heavy atom. The zero-order valence-corrected chi connectivity index (χ0v) is 12.2. The van der Waals surface area contributed by atoms with Crippen LogP contribution in [0, 0.1) is 0 Å². The molecule has 0 unspecified atom stereocenters. The molecule has 3 N–H and O–H groups in total. The van der Waals surface area contributed by atoms with Crippen molar-refractivity contribution < 1.29 is 0 Å². The van der Waals surface area contributed by atoms with Gasteiger partial charge in [0, 0.05) is 17.5 Å². The van der Waals surface area contributed by atoms with Crippen molar-refractivity contribution in [3.8, 4) is 0 Å². The summed E-state index contributed by atoms with van der Waals surface area (Å²) in [6.45, 7) is 10.8. The quantitative estimate of drug-likeness (QED) is 0.810. The summed E-state index contributed by atoms with van der Waals surface area (Å²) in [4.78, 5) is 8.83. The van der Waals surface area contributed by atoms with Crippen LogP contribution < -0.4 is 11.1 Å². The van der Waals surface area contributed by atoms with E-state index in [1.807, 2.05) is 6.07 Å². The first-order valence-corrected chi connectivity index (χ1v) is 6.89. The zero-order chi connectivity index (χ0) is 13.8. The normalized spacial score (nSPS) is 11.9. The molecule has 0 saturated carbocycles. The molecule has 0 aliphatic rings. The second-order valence-electron chi connectivity index (χ2n) is 5.16. The number of nitrogens with one attached hydrogen (secondary N) is 1. The molecule has 1 aromatic heterocycles. The highest BCUT2D eigenvalue weighted by Gasteiger charge is 2.24. The third-order valence-corrected chi connectivity index (χ3v) is 3.70. The Kier molecular flexibility index (Phi) is 4.93. The van der Waals surface area contributed by atoms with E-state index >= 15 is 0 Å². The highest BCUT2D eigenvalue weighted by atomic mass is 15.1. The summed E-state index contributed by atoms with van der Waals surface area (Å²) in [6.07, 6.45) is 3.21. The Morgan fingerprint density at radius 1 is 1.17 bits per heavy atom. The van der Waals surface area contributed by atoms with Gasteiger partial charge in [-0.3, -0.25) is 0 Å². The van der Waals surface area contributed by atoms with Gasteiger partial charge in [0.25, 0.3) is 0 Å². The molecule has 1 heterocycles. The molecule has 0 amide bonds. The Morgan fingerprint density at radius 3 is 2.17 bits per heavy atom. The molecule has 4 nitrogen and oxygen atoms in total. The van der Waals surface area contributed by atoms with Gasteiger partial charge in [0.2, 0.25) is 0 Å². The lowest BCUT2D eigenvalue weighted by Gasteiger charge is -2.32. The van der Waals surface area contributed by atoms with Gasteiger partial charge in [-0.2, -0.15) is 0 Å². The van der Waals surface area contributed by atoms with Crippen LogP contribution in [0.4, 0.5) is 11.6 Å². The largest absolute Gasteiger partial charge is 0.384 e. The fraction of sp³-hybridized carbons (Fsp3) is 0.714. The number of aromatic nitrogens is 2. The van der Waals surface area contributed by atoms with Crippen LogP contribution in [0.15, 0.2) is 6.07 Å². The van der Waals surface area contributed by atoms with E-state index in [2.05, 4.69) is 49.9 Å². The molecule has 102 valence electrons. The van der Waals surface area contributed by atoms with E-state index in [0.29, 0.717) is 5.82 Å². The van der Waals surface area contributed by atoms with Gasteiger partial charge in [-0.05, 0) is 19.3 Å². The monoisotopic (exact) mass is 250 g/mol. The van der Waals surface area contributed by atoms with Crippen molar-refractivity contribution in [2.24, 2.45) is 0 Å². The molecule has 0 aliphatic carbocycles. The Bertz CT molecular complexity index is 375. The molecule has 1 aromatic rings. The van der Waals surface area contributed by atoms with E-state index in [-0.39, 0.29) is 11.5 Å². The first-order chi connectivity index (χ1) is 8.46. The van der Waals surface area contributed by atoms with E-state index in [1.54, 1.807) is 0 Å². The smallest absolute Gasteiger partial charge is 0.135 e. The van der Waals surface area contributed by atoms with Crippen molar-refractivity contribution in [3.05, 3.63) is 11.9 Å². The standard InChI is InChI=1S/C14H26N4/c1-6-14(7-2,8-3)18-12-9-11(15)16-13(17-12)10(4)5/h9-10H,6-8H2,1-5H3,(H3,15,16,17,18). The van der Waals surface area contributed by atoms with Crippen LogP contribution >= 0.6 is 0 Å². The van der Waals surface area contributed by atoms with Gasteiger partial charge in [0.05, 0.1) is 0 Å². The van der Waals surface area contributed by atoms with Crippen molar-refractivity contribution in [2.45, 2.75) is 65.3 Å². The molecule has 0 saturated heterocycles. The maximum absolute atomic E-state index is 5.85. The van der Waals surface area contributed by atoms with Gasteiger partial charge in [-0.15, -0.1) is 0 Å². The fourth-order valence-electron chi connectivity index (χ4n) is 2.09. The van der Waals surface area contributed by atoms with Crippen LogP contribution in [0.5, 0.6) is 0 Å². The van der Waals surface area contributed by atoms with Crippen LogP contribution in [0.2, 0.25) is 0 Å². The highest BCUT2D eigenvalue weighted by Crippen LogP contribution is 2.26. The van der Waals surface area contributed by atoms with Crippen LogP contribution in [0.25, 0.3) is 0 Å². The maximum Gasteiger partial charge on any atom is 0.135 e. The van der Waals surface area contributed by atoms with Gasteiger partial charge in [-0.25, -0.2) is 9.97 Å². The van der Waals surface area contributed by atoms with Crippen molar-refractivity contribution in [3.63, 3.8) is 0 Å². The second kappa shape index (κ2) is 6.03. The third kappa shape index (κ3) is 3.34. The summed E-state index contributed by atoms with van der Waals surface area (Å²) >= 11 is 0. The molecule has 0 aliphatic heterocycles. The van der Waals surface area contributed by atoms with Crippen LogP contribution in [0.3, 0.4) is 0 Å². The number of rotatable bonds is 6. The zero-order valence-electron chi connectivity index (χ0n) is 12.2. The van der Waals surface area contributed by atoms with Crippen molar-refractivity contribution in [1.82, 2.24) is 9.97 Å². The average Bonchev–Trinajstić information content (AvgIpc) is 2.35. The molecule has 0 bridgehead atoms. The van der Waals surface area contributed by atoms with Gasteiger partial charge in [0.15, 0.2) is 0 Å². The first-order valence-electron chi connectivity index (χ1n) is 6.89. The van der Waals surface area contributed by atoms with Gasteiger partial charge < -0.3 is 11.1 Å². The van der Waals surface area contributed by atoms with Crippen molar-refractivity contribution in [1.29, 1.82) is 0 Å². The fourth-order valence-corrected chi connectivity index (χ4v) is 2.09. The summed E-state index contributed by atoms with van der Waals surface area (Å²) in [6, 6.07) is 1.82.